The van der Waals surface area contributed by atoms with Crippen molar-refractivity contribution < 1.29 is 48.6 Å². The van der Waals surface area contributed by atoms with Crippen LogP contribution in [-0.4, -0.2) is 99.2 Å². The highest BCUT2D eigenvalue weighted by Gasteiger charge is 2.40. The van der Waals surface area contributed by atoms with Crippen LogP contribution >= 0.6 is 0 Å². The van der Waals surface area contributed by atoms with Gasteiger partial charge in [0.05, 0.1) is 6.42 Å². The molecule has 2 rings (SSSR count). The number of aliphatic carboxylic acids is 1. The third-order valence-electron chi connectivity index (χ3n) is 8.03. The molecule has 0 aromatic heterocycles. The van der Waals surface area contributed by atoms with E-state index in [1.165, 1.54) is 29.2 Å². The van der Waals surface area contributed by atoms with Gasteiger partial charge >= 0.3 is 5.97 Å². The van der Waals surface area contributed by atoms with Crippen LogP contribution in [0.25, 0.3) is 0 Å². The van der Waals surface area contributed by atoms with Gasteiger partial charge in [-0.05, 0) is 42.9 Å². The van der Waals surface area contributed by atoms with Crippen LogP contribution in [0.2, 0.25) is 0 Å². The molecule has 1 saturated heterocycles. The first-order valence-corrected chi connectivity index (χ1v) is 15.6. The van der Waals surface area contributed by atoms with Gasteiger partial charge in [-0.1, -0.05) is 32.4 Å². The molecule has 1 heterocycles. The van der Waals surface area contributed by atoms with E-state index in [1.807, 2.05) is 6.92 Å². The maximum atomic E-state index is 14.0. The Kier molecular flexibility index (Phi) is 14.8. The summed E-state index contributed by atoms with van der Waals surface area (Å²) in [6.07, 6.45) is -0.384. The lowest BCUT2D eigenvalue weighted by molar-refractivity contribution is -0.142. The quantitative estimate of drug-likeness (QED) is 0.0860. The number of benzene rings is 1. The summed E-state index contributed by atoms with van der Waals surface area (Å²) in [7, 11) is 0. The van der Waals surface area contributed by atoms with Crippen LogP contribution < -0.4 is 32.7 Å². The minimum atomic E-state index is -1.63. The maximum Gasteiger partial charge on any atom is 0.303 e. The Bertz CT molecular complexity index is 1370. The number of primary amides is 2. The van der Waals surface area contributed by atoms with Crippen LogP contribution in [0.3, 0.4) is 0 Å². The van der Waals surface area contributed by atoms with Gasteiger partial charge in [-0.2, -0.15) is 0 Å². The summed E-state index contributed by atoms with van der Waals surface area (Å²) in [6, 6.07) is -0.513. The lowest BCUT2D eigenvalue weighted by Crippen LogP contribution is -2.60. The summed E-state index contributed by atoms with van der Waals surface area (Å²) >= 11 is 0. The average molecular weight is 676 g/mol. The molecule has 0 radical (unpaired) electrons. The van der Waals surface area contributed by atoms with Gasteiger partial charge in [-0.25, -0.2) is 0 Å². The number of nitrogens with one attached hydrogen (secondary N) is 4. The van der Waals surface area contributed by atoms with E-state index in [1.54, 1.807) is 6.92 Å². The second-order valence-electron chi connectivity index (χ2n) is 11.8. The fraction of sp³-hybridized carbons (Fsp3) is 0.548. The van der Waals surface area contributed by atoms with Gasteiger partial charge in [0.15, 0.2) is 0 Å². The second kappa shape index (κ2) is 18.2. The Morgan fingerprint density at radius 3 is 2.06 bits per heavy atom. The molecule has 17 heteroatoms. The van der Waals surface area contributed by atoms with E-state index in [4.69, 9.17) is 16.6 Å². The number of nitrogens with two attached hydrogens (primary N) is 2. The average Bonchev–Trinajstić information content (AvgIpc) is 3.51. The smallest absolute Gasteiger partial charge is 0.303 e. The van der Waals surface area contributed by atoms with E-state index in [2.05, 4.69) is 21.3 Å². The van der Waals surface area contributed by atoms with Crippen molar-refractivity contribution >= 4 is 47.3 Å². The summed E-state index contributed by atoms with van der Waals surface area (Å²) in [6.45, 7) is 4.84. The monoisotopic (exact) mass is 675 g/mol. The number of carboxylic acid groups (broad SMARTS) is 1. The summed E-state index contributed by atoms with van der Waals surface area (Å²) < 4.78 is 0. The molecule has 48 heavy (non-hydrogen) atoms. The van der Waals surface area contributed by atoms with E-state index in [0.717, 1.165) is 6.92 Å². The second-order valence-corrected chi connectivity index (χ2v) is 11.8. The number of rotatable bonds is 18. The van der Waals surface area contributed by atoms with Gasteiger partial charge in [-0.15, -0.1) is 0 Å². The third-order valence-corrected chi connectivity index (χ3v) is 8.03. The van der Waals surface area contributed by atoms with E-state index in [0.29, 0.717) is 18.4 Å². The molecule has 1 fully saturated rings. The Balaban J connectivity index is 2.37. The van der Waals surface area contributed by atoms with E-state index in [-0.39, 0.29) is 37.5 Å². The molecule has 0 aliphatic carbocycles. The summed E-state index contributed by atoms with van der Waals surface area (Å²) in [4.78, 5) is 102. The number of carboxylic acids is 1. The maximum absolute atomic E-state index is 14.0. The van der Waals surface area contributed by atoms with Crippen LogP contribution in [0.5, 0.6) is 5.75 Å². The van der Waals surface area contributed by atoms with Crippen molar-refractivity contribution in [2.24, 2.45) is 17.4 Å². The summed E-state index contributed by atoms with van der Waals surface area (Å²) in [5.74, 6) is -7.14. The molecular formula is C31H45N7O10. The SMILES string of the molecule is CC[C@H](C)[C@H](NC(=O)[C@@H]1CCCN1C(=O)[C@H](Cc1ccc(O)cc1)NC(=O)[C@H](CC(N)=O)NC(=O)[C@H](CCC(=O)O)NC(C)=O)C(N)=O. The zero-order chi connectivity index (χ0) is 36.1. The van der Waals surface area contributed by atoms with E-state index in [9.17, 15) is 43.5 Å². The molecule has 0 saturated carbocycles. The Morgan fingerprint density at radius 2 is 1.52 bits per heavy atom. The summed E-state index contributed by atoms with van der Waals surface area (Å²) in [5, 5.41) is 28.6. The van der Waals surface area contributed by atoms with Crippen LogP contribution in [0.15, 0.2) is 24.3 Å². The van der Waals surface area contributed by atoms with Crippen molar-refractivity contribution in [3.8, 4) is 5.75 Å². The van der Waals surface area contributed by atoms with Crippen LogP contribution in [0, 0.1) is 5.92 Å². The summed E-state index contributed by atoms with van der Waals surface area (Å²) in [5.41, 5.74) is 11.4. The fourth-order valence-electron chi connectivity index (χ4n) is 5.29. The van der Waals surface area contributed by atoms with Crippen molar-refractivity contribution in [2.75, 3.05) is 6.54 Å². The fourth-order valence-corrected chi connectivity index (χ4v) is 5.29. The van der Waals surface area contributed by atoms with Crippen LogP contribution in [-0.2, 0) is 44.8 Å². The Labute approximate surface area is 277 Å². The molecule has 7 amide bonds. The van der Waals surface area contributed by atoms with Gasteiger partial charge < -0.3 is 47.8 Å². The largest absolute Gasteiger partial charge is 0.508 e. The van der Waals surface area contributed by atoms with E-state index < -0.39 is 90.4 Å². The highest BCUT2D eigenvalue weighted by atomic mass is 16.4. The van der Waals surface area contributed by atoms with Gasteiger partial charge in [0.2, 0.25) is 41.4 Å². The van der Waals surface area contributed by atoms with Crippen molar-refractivity contribution in [1.82, 2.24) is 26.2 Å². The molecule has 1 aliphatic rings. The molecule has 1 aromatic carbocycles. The molecule has 264 valence electrons. The Hall–Kier alpha value is -5.22. The van der Waals surface area contributed by atoms with Crippen molar-refractivity contribution in [3.05, 3.63) is 29.8 Å². The molecule has 0 bridgehead atoms. The van der Waals surface area contributed by atoms with Crippen molar-refractivity contribution in [1.29, 1.82) is 0 Å². The van der Waals surface area contributed by atoms with Crippen molar-refractivity contribution in [2.45, 2.75) is 95.9 Å². The van der Waals surface area contributed by atoms with Gasteiger partial charge in [-0.3, -0.25) is 38.4 Å². The normalized spacial score (nSPS) is 17.1. The van der Waals surface area contributed by atoms with Gasteiger partial charge in [0, 0.05) is 26.3 Å². The first-order chi connectivity index (χ1) is 22.5. The molecule has 10 N–H and O–H groups in total. The topological polar surface area (TPSA) is 280 Å². The van der Waals surface area contributed by atoms with Crippen molar-refractivity contribution in [3.63, 3.8) is 0 Å². The predicted molar refractivity (Wildman–Crippen MR) is 169 cm³/mol. The third kappa shape index (κ3) is 11.9. The number of hydrogen-bond acceptors (Lipinski definition) is 9. The number of amides is 7. The van der Waals surface area contributed by atoms with E-state index >= 15 is 0 Å². The molecular weight excluding hydrogens is 630 g/mol. The minimum absolute atomic E-state index is 0.0480. The molecule has 6 atom stereocenters. The van der Waals surface area contributed by atoms with Crippen LogP contribution in [0.4, 0.5) is 0 Å². The molecule has 1 aliphatic heterocycles. The zero-order valence-corrected chi connectivity index (χ0v) is 27.2. The number of likely N-dealkylation sites (tertiary alicyclic amines) is 1. The Morgan fingerprint density at radius 1 is 0.917 bits per heavy atom. The zero-order valence-electron chi connectivity index (χ0n) is 27.2. The number of phenols is 1. The molecule has 0 spiro atoms. The number of carbonyl (C=O) groups is 8. The predicted octanol–water partition coefficient (Wildman–Crippen LogP) is -1.84. The first kappa shape index (κ1) is 39.0. The molecule has 17 nitrogen and oxygen atoms in total. The van der Waals surface area contributed by atoms with Crippen LogP contribution in [0.1, 0.15) is 64.9 Å². The highest BCUT2D eigenvalue weighted by Crippen LogP contribution is 2.21. The lowest BCUT2D eigenvalue weighted by atomic mass is 9.98. The molecule has 0 unspecified atom stereocenters. The number of hydrogen-bond donors (Lipinski definition) is 8. The van der Waals surface area contributed by atoms with Gasteiger partial charge in [0.25, 0.3) is 0 Å². The van der Waals surface area contributed by atoms with Gasteiger partial charge in [0.1, 0.15) is 36.0 Å². The number of nitrogens with zero attached hydrogens (tertiary/aromatic N) is 1. The lowest BCUT2D eigenvalue weighted by Gasteiger charge is -2.31. The number of phenolic OH excluding ortho intramolecular Hbond substituents is 1. The first-order valence-electron chi connectivity index (χ1n) is 15.6. The minimum Gasteiger partial charge on any atom is -0.508 e. The number of carbonyl (C=O) groups excluding carboxylic acids is 7. The standard InChI is InChI=1S/C31H45N7O10/c1-4-16(2)26(27(33)44)37-30(47)23-6-5-13-38(23)31(48)22(14-18-7-9-19(40)10-8-18)36-29(46)21(15-24(32)41)35-28(45)20(34-17(3)39)11-12-25(42)43/h7-10,16,20-23,26,40H,4-6,11-15H2,1-3H3,(H2,32,41)(H2,33,44)(H,34,39)(H,35,45)(H,36,46)(H,37,47)(H,42,43)/t16-,20-,21-,22-,23-,26-/m0/s1. The number of aromatic hydroxyl groups is 1. The highest BCUT2D eigenvalue weighted by molar-refractivity contribution is 5.98. The molecule has 1 aromatic rings.